The molecule has 1 aromatic rings. The predicted octanol–water partition coefficient (Wildman–Crippen LogP) is 2.60. The second-order valence-corrected chi connectivity index (χ2v) is 10.7. The standard InChI is InChI=1S/C26H46FN7O/c1-25(2,3)32-15-22(29)18-34(19-23(30)16-33-26(4,5)6)17-21(28)14-31-13-20-7-9-24(10-8-20)35-12-11-27/h7-10,14-16,31-33H,11-13,17-19,28-30H2,1-6H3/b21-14-,22-15-,23-16-. The van der Waals surface area contributed by atoms with Crippen molar-refractivity contribution in [3.05, 3.63) is 65.5 Å². The Balaban J connectivity index is 2.77. The molecule has 0 aromatic heterocycles. The van der Waals surface area contributed by atoms with Gasteiger partial charge in [-0.05, 0) is 59.2 Å². The lowest BCUT2D eigenvalue weighted by molar-refractivity contribution is 0.273. The monoisotopic (exact) mass is 491 g/mol. The number of ether oxygens (including phenoxy) is 1. The summed E-state index contributed by atoms with van der Waals surface area (Å²) in [6.45, 7) is 14.1. The lowest BCUT2D eigenvalue weighted by Gasteiger charge is -2.25. The molecule has 198 valence electrons. The molecule has 8 nitrogen and oxygen atoms in total. The molecule has 9 N–H and O–H groups in total. The van der Waals surface area contributed by atoms with Crippen molar-refractivity contribution in [2.45, 2.75) is 59.2 Å². The molecule has 0 fully saturated rings. The normalized spacial score (nSPS) is 13.7. The van der Waals surface area contributed by atoms with Gasteiger partial charge < -0.3 is 37.9 Å². The Morgan fingerprint density at radius 2 is 1.29 bits per heavy atom. The Labute approximate surface area is 210 Å². The van der Waals surface area contributed by atoms with Crippen LogP contribution in [0.3, 0.4) is 0 Å². The highest BCUT2D eigenvalue weighted by Crippen LogP contribution is 2.12. The van der Waals surface area contributed by atoms with E-state index in [-0.39, 0.29) is 17.7 Å². The smallest absolute Gasteiger partial charge is 0.123 e. The first-order valence-corrected chi connectivity index (χ1v) is 11.9. The van der Waals surface area contributed by atoms with E-state index in [0.717, 1.165) is 5.56 Å². The Morgan fingerprint density at radius 3 is 1.71 bits per heavy atom. The van der Waals surface area contributed by atoms with Gasteiger partial charge in [-0.25, -0.2) is 4.39 Å². The number of nitrogens with one attached hydrogen (secondary N) is 3. The predicted molar refractivity (Wildman–Crippen MR) is 144 cm³/mol. The Bertz CT molecular complexity index is 803. The van der Waals surface area contributed by atoms with E-state index in [1.165, 1.54) is 0 Å². The molecule has 0 saturated carbocycles. The molecule has 0 bridgehead atoms. The fourth-order valence-corrected chi connectivity index (χ4v) is 2.86. The second-order valence-electron chi connectivity index (χ2n) is 10.7. The average Bonchev–Trinajstić information content (AvgIpc) is 2.75. The first-order valence-electron chi connectivity index (χ1n) is 11.9. The average molecular weight is 492 g/mol. The van der Waals surface area contributed by atoms with Crippen LogP contribution in [0.2, 0.25) is 0 Å². The van der Waals surface area contributed by atoms with Crippen LogP contribution in [-0.2, 0) is 6.54 Å². The largest absolute Gasteiger partial charge is 0.491 e. The summed E-state index contributed by atoms with van der Waals surface area (Å²) in [5, 5.41) is 9.81. The molecule has 0 aliphatic heterocycles. The fourth-order valence-electron chi connectivity index (χ4n) is 2.86. The van der Waals surface area contributed by atoms with E-state index >= 15 is 0 Å². The van der Waals surface area contributed by atoms with Crippen molar-refractivity contribution < 1.29 is 9.13 Å². The van der Waals surface area contributed by atoms with Crippen LogP contribution in [0.4, 0.5) is 4.39 Å². The maximum Gasteiger partial charge on any atom is 0.123 e. The topological polar surface area (TPSA) is 127 Å². The Morgan fingerprint density at radius 1 is 0.829 bits per heavy atom. The van der Waals surface area contributed by atoms with Gasteiger partial charge in [0.15, 0.2) is 0 Å². The zero-order valence-electron chi connectivity index (χ0n) is 22.2. The molecule has 0 radical (unpaired) electrons. The number of nitrogens with two attached hydrogens (primary N) is 3. The SMILES string of the molecule is CC(C)(C)N/C=C(\N)CN(C/C(N)=C/NCc1ccc(OCCF)cc1)C/C(N)=C/NC(C)(C)C. The highest BCUT2D eigenvalue weighted by molar-refractivity contribution is 5.27. The summed E-state index contributed by atoms with van der Waals surface area (Å²) in [6.07, 6.45) is 5.46. The number of alkyl halides is 1. The molecular weight excluding hydrogens is 445 g/mol. The molecule has 35 heavy (non-hydrogen) atoms. The summed E-state index contributed by atoms with van der Waals surface area (Å²) < 4.78 is 17.5. The molecule has 0 unspecified atom stereocenters. The number of hydrogen-bond acceptors (Lipinski definition) is 8. The quantitative estimate of drug-likeness (QED) is 0.234. The van der Waals surface area contributed by atoms with Crippen LogP contribution >= 0.6 is 0 Å². The molecular formula is C26H46FN7O. The van der Waals surface area contributed by atoms with Gasteiger partial charge in [0.1, 0.15) is 19.0 Å². The van der Waals surface area contributed by atoms with Crippen molar-refractivity contribution >= 4 is 0 Å². The van der Waals surface area contributed by atoms with Gasteiger partial charge in [0.05, 0.1) is 0 Å². The fraction of sp³-hybridized carbons (Fsp3) is 0.538. The van der Waals surface area contributed by atoms with Gasteiger partial charge in [0.25, 0.3) is 0 Å². The van der Waals surface area contributed by atoms with E-state index in [1.54, 1.807) is 6.20 Å². The lowest BCUT2D eigenvalue weighted by Crippen LogP contribution is -2.38. The number of nitrogens with zero attached hydrogens (tertiary/aromatic N) is 1. The van der Waals surface area contributed by atoms with Crippen LogP contribution in [0.5, 0.6) is 5.75 Å². The van der Waals surface area contributed by atoms with Gasteiger partial charge in [-0.15, -0.1) is 0 Å². The summed E-state index contributed by atoms with van der Waals surface area (Å²) in [6, 6.07) is 7.50. The molecule has 0 heterocycles. The van der Waals surface area contributed by atoms with Crippen LogP contribution in [-0.4, -0.2) is 48.9 Å². The van der Waals surface area contributed by atoms with Crippen LogP contribution in [0.1, 0.15) is 47.1 Å². The van der Waals surface area contributed by atoms with Crippen molar-refractivity contribution in [1.82, 2.24) is 20.9 Å². The van der Waals surface area contributed by atoms with Crippen LogP contribution in [0.25, 0.3) is 0 Å². The summed E-state index contributed by atoms with van der Waals surface area (Å²) in [7, 11) is 0. The van der Waals surface area contributed by atoms with Crippen LogP contribution in [0.15, 0.2) is 60.0 Å². The first-order chi connectivity index (χ1) is 16.3. The summed E-state index contributed by atoms with van der Waals surface area (Å²) in [4.78, 5) is 2.08. The summed E-state index contributed by atoms with van der Waals surface area (Å²) >= 11 is 0. The lowest BCUT2D eigenvalue weighted by atomic mass is 10.1. The van der Waals surface area contributed by atoms with Gasteiger partial charge in [0.2, 0.25) is 0 Å². The van der Waals surface area contributed by atoms with Gasteiger partial charge in [-0.2, -0.15) is 0 Å². The van der Waals surface area contributed by atoms with Crippen LogP contribution < -0.4 is 37.9 Å². The van der Waals surface area contributed by atoms with Crippen molar-refractivity contribution in [3.8, 4) is 5.75 Å². The highest BCUT2D eigenvalue weighted by Gasteiger charge is 2.12. The minimum atomic E-state index is -0.506. The molecule has 0 saturated heterocycles. The van der Waals surface area contributed by atoms with E-state index in [9.17, 15) is 4.39 Å². The van der Waals surface area contributed by atoms with Crippen molar-refractivity contribution in [3.63, 3.8) is 0 Å². The zero-order chi connectivity index (χ0) is 26.5. The summed E-state index contributed by atoms with van der Waals surface area (Å²) in [5.74, 6) is 0.648. The Kier molecular flexibility index (Phi) is 12.3. The number of halogens is 1. The van der Waals surface area contributed by atoms with Crippen LogP contribution in [0, 0.1) is 0 Å². The third kappa shape index (κ3) is 15.5. The number of rotatable bonds is 14. The number of hydrogen-bond donors (Lipinski definition) is 6. The minimum absolute atomic E-state index is 0.0608. The first kappa shape index (κ1) is 30.0. The van der Waals surface area contributed by atoms with Crippen molar-refractivity contribution in [2.75, 3.05) is 32.9 Å². The summed E-state index contributed by atoms with van der Waals surface area (Å²) in [5.41, 5.74) is 21.8. The maximum absolute atomic E-state index is 12.2. The van der Waals surface area contributed by atoms with E-state index in [1.807, 2.05) is 36.7 Å². The van der Waals surface area contributed by atoms with E-state index in [0.29, 0.717) is 49.0 Å². The maximum atomic E-state index is 12.2. The van der Waals surface area contributed by atoms with Gasteiger partial charge in [-0.1, -0.05) is 12.1 Å². The third-order valence-corrected chi connectivity index (χ3v) is 4.46. The highest BCUT2D eigenvalue weighted by atomic mass is 19.1. The van der Waals surface area contributed by atoms with E-state index < -0.39 is 6.67 Å². The van der Waals surface area contributed by atoms with E-state index in [4.69, 9.17) is 21.9 Å². The third-order valence-electron chi connectivity index (χ3n) is 4.46. The Hall–Kier alpha value is -3.07. The molecule has 0 aliphatic carbocycles. The molecule has 0 spiro atoms. The van der Waals surface area contributed by atoms with Crippen molar-refractivity contribution in [1.29, 1.82) is 0 Å². The van der Waals surface area contributed by atoms with Gasteiger partial charge >= 0.3 is 0 Å². The molecule has 1 rings (SSSR count). The second kappa shape index (κ2) is 14.4. The minimum Gasteiger partial charge on any atom is -0.491 e. The molecule has 9 heteroatoms. The molecule has 0 aliphatic rings. The van der Waals surface area contributed by atoms with Gasteiger partial charge in [-0.3, -0.25) is 4.90 Å². The van der Waals surface area contributed by atoms with E-state index in [2.05, 4.69) is 62.4 Å². The van der Waals surface area contributed by atoms with Gasteiger partial charge in [0, 0.05) is 72.9 Å². The molecule has 0 atom stereocenters. The zero-order valence-corrected chi connectivity index (χ0v) is 22.2. The molecule has 0 amide bonds. The van der Waals surface area contributed by atoms with Crippen molar-refractivity contribution in [2.24, 2.45) is 17.2 Å². The molecule has 1 aromatic carbocycles. The number of benzene rings is 1.